The van der Waals surface area contributed by atoms with Crippen molar-refractivity contribution in [3.8, 4) is 5.88 Å². The predicted octanol–water partition coefficient (Wildman–Crippen LogP) is 2.63. The van der Waals surface area contributed by atoms with Crippen LogP contribution in [0.15, 0.2) is 24.4 Å². The topological polar surface area (TPSA) is 38.2 Å². The lowest BCUT2D eigenvalue weighted by Gasteiger charge is -2.29. The summed E-state index contributed by atoms with van der Waals surface area (Å²) in [5.74, 6) is 0.647. The van der Waals surface area contributed by atoms with E-state index in [-0.39, 0.29) is 0 Å². The first kappa shape index (κ1) is 11.3. The summed E-state index contributed by atoms with van der Waals surface area (Å²) < 4.78 is 5.21. The van der Waals surface area contributed by atoms with Crippen LogP contribution in [0.3, 0.4) is 0 Å². The molecule has 0 radical (unpaired) electrons. The molecule has 94 valence electrons. The van der Waals surface area contributed by atoms with Gasteiger partial charge in [-0.25, -0.2) is 4.98 Å². The quantitative estimate of drug-likeness (QED) is 0.812. The molecule has 0 aromatic carbocycles. The summed E-state index contributed by atoms with van der Waals surface area (Å²) >= 11 is 0. The van der Waals surface area contributed by atoms with Crippen molar-refractivity contribution < 1.29 is 4.74 Å². The van der Waals surface area contributed by atoms with Crippen LogP contribution in [-0.4, -0.2) is 30.2 Å². The summed E-state index contributed by atoms with van der Waals surface area (Å²) in [4.78, 5) is 11.3. The van der Waals surface area contributed by atoms with Gasteiger partial charge in [0, 0.05) is 25.4 Å². The van der Waals surface area contributed by atoms with E-state index in [4.69, 9.17) is 4.74 Å². The van der Waals surface area contributed by atoms with Gasteiger partial charge in [-0.05, 0) is 31.4 Å². The minimum Gasteiger partial charge on any atom is -0.481 e. The lowest BCUT2D eigenvalue weighted by atomic mass is 10.1. The number of fused-ring (bicyclic) bond motifs is 1. The van der Waals surface area contributed by atoms with Crippen molar-refractivity contribution in [3.05, 3.63) is 24.4 Å². The van der Waals surface area contributed by atoms with Crippen molar-refractivity contribution in [1.82, 2.24) is 9.97 Å². The van der Waals surface area contributed by atoms with E-state index < -0.39 is 0 Å². The fourth-order valence-electron chi connectivity index (χ4n) is 2.50. The maximum absolute atomic E-state index is 5.21. The summed E-state index contributed by atoms with van der Waals surface area (Å²) in [5, 5.41) is 0. The van der Waals surface area contributed by atoms with Gasteiger partial charge in [-0.3, -0.25) is 4.98 Å². The van der Waals surface area contributed by atoms with Crippen LogP contribution in [0, 0.1) is 0 Å². The second-order valence-electron chi connectivity index (χ2n) is 4.60. The summed E-state index contributed by atoms with van der Waals surface area (Å²) in [6, 6.07) is 5.88. The Morgan fingerprint density at radius 2 is 1.94 bits per heavy atom. The minimum absolute atomic E-state index is 0.647. The van der Waals surface area contributed by atoms with Crippen LogP contribution in [0.4, 0.5) is 5.69 Å². The van der Waals surface area contributed by atoms with E-state index >= 15 is 0 Å². The van der Waals surface area contributed by atoms with Gasteiger partial charge in [-0.15, -0.1) is 0 Å². The molecule has 0 amide bonds. The Balaban J connectivity index is 2.09. The van der Waals surface area contributed by atoms with E-state index in [2.05, 4.69) is 20.9 Å². The third kappa shape index (κ3) is 1.98. The monoisotopic (exact) mass is 243 g/mol. The van der Waals surface area contributed by atoms with Crippen LogP contribution in [0.1, 0.15) is 19.3 Å². The number of anilines is 1. The maximum Gasteiger partial charge on any atom is 0.213 e. The van der Waals surface area contributed by atoms with Crippen LogP contribution >= 0.6 is 0 Å². The second-order valence-corrected chi connectivity index (χ2v) is 4.60. The number of methoxy groups -OCH3 is 1. The number of nitrogens with zero attached hydrogens (tertiary/aromatic N) is 3. The first-order valence-corrected chi connectivity index (χ1v) is 6.43. The third-order valence-corrected chi connectivity index (χ3v) is 3.44. The highest BCUT2D eigenvalue weighted by molar-refractivity contribution is 5.88. The highest BCUT2D eigenvalue weighted by Gasteiger charge is 2.15. The molecule has 1 aliphatic rings. The molecule has 0 bridgehead atoms. The number of pyridine rings is 2. The van der Waals surface area contributed by atoms with Gasteiger partial charge in [0.15, 0.2) is 0 Å². The molecule has 0 atom stereocenters. The number of piperidine rings is 1. The zero-order chi connectivity index (χ0) is 12.4. The molecule has 4 nitrogen and oxygen atoms in total. The van der Waals surface area contributed by atoms with Gasteiger partial charge < -0.3 is 9.64 Å². The number of hydrogen-bond acceptors (Lipinski definition) is 4. The molecule has 0 spiro atoms. The third-order valence-electron chi connectivity index (χ3n) is 3.44. The van der Waals surface area contributed by atoms with E-state index in [0.29, 0.717) is 5.88 Å². The van der Waals surface area contributed by atoms with Gasteiger partial charge in [0.1, 0.15) is 5.52 Å². The summed E-state index contributed by atoms with van der Waals surface area (Å²) in [7, 11) is 1.64. The van der Waals surface area contributed by atoms with Crippen molar-refractivity contribution in [3.63, 3.8) is 0 Å². The molecule has 3 rings (SSSR count). The molecule has 3 heterocycles. The molecular formula is C14H17N3O. The summed E-state index contributed by atoms with van der Waals surface area (Å²) in [6.45, 7) is 2.22. The standard InChI is InChI=1S/C14H17N3O/c1-18-13-6-5-11-14(16-13)12(7-8-15-11)17-9-3-2-4-10-17/h5-8H,2-4,9-10H2,1H3. The number of hydrogen-bond donors (Lipinski definition) is 0. The number of rotatable bonds is 2. The summed E-state index contributed by atoms with van der Waals surface area (Å²) in [5.41, 5.74) is 3.05. The second kappa shape index (κ2) is 4.80. The van der Waals surface area contributed by atoms with Gasteiger partial charge in [0.25, 0.3) is 0 Å². The maximum atomic E-state index is 5.21. The molecular weight excluding hydrogens is 226 g/mol. The SMILES string of the molecule is COc1ccc2nccc(N3CCCCC3)c2n1. The molecule has 2 aromatic heterocycles. The highest BCUT2D eigenvalue weighted by atomic mass is 16.5. The fourth-order valence-corrected chi connectivity index (χ4v) is 2.50. The van der Waals surface area contributed by atoms with E-state index in [1.54, 1.807) is 7.11 Å². The molecule has 1 aliphatic heterocycles. The Kier molecular flexibility index (Phi) is 3.00. The number of aromatic nitrogens is 2. The van der Waals surface area contributed by atoms with E-state index in [9.17, 15) is 0 Å². The Morgan fingerprint density at radius 1 is 1.11 bits per heavy atom. The van der Waals surface area contributed by atoms with Crippen molar-refractivity contribution in [2.75, 3.05) is 25.1 Å². The van der Waals surface area contributed by atoms with Gasteiger partial charge in [-0.1, -0.05) is 0 Å². The van der Waals surface area contributed by atoms with Crippen LogP contribution in [-0.2, 0) is 0 Å². The molecule has 0 unspecified atom stereocenters. The molecule has 0 N–H and O–H groups in total. The smallest absolute Gasteiger partial charge is 0.213 e. The zero-order valence-corrected chi connectivity index (χ0v) is 10.6. The Bertz CT molecular complexity index is 550. The molecule has 1 fully saturated rings. The largest absolute Gasteiger partial charge is 0.481 e. The van der Waals surface area contributed by atoms with E-state index in [0.717, 1.165) is 24.1 Å². The lowest BCUT2D eigenvalue weighted by molar-refractivity contribution is 0.399. The van der Waals surface area contributed by atoms with Crippen LogP contribution in [0.2, 0.25) is 0 Å². The Morgan fingerprint density at radius 3 is 2.72 bits per heavy atom. The molecule has 0 aliphatic carbocycles. The lowest BCUT2D eigenvalue weighted by Crippen LogP contribution is -2.29. The molecule has 2 aromatic rings. The van der Waals surface area contributed by atoms with Gasteiger partial charge >= 0.3 is 0 Å². The number of ether oxygens (including phenoxy) is 1. The van der Waals surface area contributed by atoms with E-state index in [1.165, 1.54) is 24.9 Å². The van der Waals surface area contributed by atoms with Crippen molar-refractivity contribution in [2.45, 2.75) is 19.3 Å². The average molecular weight is 243 g/mol. The Hall–Kier alpha value is -1.84. The van der Waals surface area contributed by atoms with Crippen LogP contribution < -0.4 is 9.64 Å². The first-order chi connectivity index (χ1) is 8.88. The Labute approximate surface area is 107 Å². The fraction of sp³-hybridized carbons (Fsp3) is 0.429. The zero-order valence-electron chi connectivity index (χ0n) is 10.6. The molecule has 1 saturated heterocycles. The van der Waals surface area contributed by atoms with Crippen molar-refractivity contribution in [1.29, 1.82) is 0 Å². The predicted molar refractivity (Wildman–Crippen MR) is 72.2 cm³/mol. The van der Waals surface area contributed by atoms with Crippen LogP contribution in [0.25, 0.3) is 11.0 Å². The molecule has 0 saturated carbocycles. The first-order valence-electron chi connectivity index (χ1n) is 6.43. The van der Waals surface area contributed by atoms with Gasteiger partial charge in [0.05, 0.1) is 18.3 Å². The molecule has 4 heteroatoms. The molecule has 18 heavy (non-hydrogen) atoms. The summed E-state index contributed by atoms with van der Waals surface area (Å²) in [6.07, 6.45) is 5.71. The van der Waals surface area contributed by atoms with Crippen molar-refractivity contribution >= 4 is 16.7 Å². The minimum atomic E-state index is 0.647. The van der Waals surface area contributed by atoms with Gasteiger partial charge in [0.2, 0.25) is 5.88 Å². The normalized spacial score (nSPS) is 15.9. The average Bonchev–Trinajstić information content (AvgIpc) is 2.47. The van der Waals surface area contributed by atoms with E-state index in [1.807, 2.05) is 18.3 Å². The highest BCUT2D eigenvalue weighted by Crippen LogP contribution is 2.27. The van der Waals surface area contributed by atoms with Crippen LogP contribution in [0.5, 0.6) is 5.88 Å². The van der Waals surface area contributed by atoms with Crippen molar-refractivity contribution in [2.24, 2.45) is 0 Å². The van der Waals surface area contributed by atoms with Gasteiger partial charge in [-0.2, -0.15) is 0 Å².